The van der Waals surface area contributed by atoms with Crippen molar-refractivity contribution in [1.29, 1.82) is 0 Å². The molecule has 162 valence electrons. The average Bonchev–Trinajstić information content (AvgIpc) is 2.79. The molecular weight excluding hydrogens is 384 g/mol. The molecular formula is C23H30N2O5. The Morgan fingerprint density at radius 1 is 1.00 bits per heavy atom. The number of ether oxygens (including phenoxy) is 3. The smallest absolute Gasteiger partial charge is 0.261 e. The molecule has 2 aromatic carbocycles. The van der Waals surface area contributed by atoms with E-state index in [-0.39, 0.29) is 25.0 Å². The summed E-state index contributed by atoms with van der Waals surface area (Å²) in [5.74, 6) is 0.849. The van der Waals surface area contributed by atoms with E-state index in [4.69, 9.17) is 14.2 Å². The van der Waals surface area contributed by atoms with E-state index >= 15 is 0 Å². The van der Waals surface area contributed by atoms with Crippen LogP contribution in [-0.2, 0) is 20.9 Å². The molecule has 0 radical (unpaired) electrons. The second kappa shape index (κ2) is 12.5. The second-order valence-electron chi connectivity index (χ2n) is 6.78. The number of benzene rings is 2. The van der Waals surface area contributed by atoms with Crippen molar-refractivity contribution in [2.75, 3.05) is 34.0 Å². The quantitative estimate of drug-likeness (QED) is 0.541. The van der Waals surface area contributed by atoms with Gasteiger partial charge in [-0.25, -0.2) is 0 Å². The largest absolute Gasteiger partial charge is 0.497 e. The molecule has 1 atom stereocenters. The molecule has 0 fully saturated rings. The van der Waals surface area contributed by atoms with Crippen molar-refractivity contribution >= 4 is 11.8 Å². The van der Waals surface area contributed by atoms with Crippen LogP contribution in [0.4, 0.5) is 0 Å². The van der Waals surface area contributed by atoms with Crippen LogP contribution in [0.15, 0.2) is 54.6 Å². The topological polar surface area (TPSA) is 77.1 Å². The van der Waals surface area contributed by atoms with Crippen LogP contribution in [0, 0.1) is 0 Å². The molecule has 0 bridgehead atoms. The highest BCUT2D eigenvalue weighted by molar-refractivity contribution is 5.87. The van der Waals surface area contributed by atoms with Crippen LogP contribution < -0.4 is 14.8 Å². The summed E-state index contributed by atoms with van der Waals surface area (Å²) in [6, 6.07) is 15.9. The predicted octanol–water partition coefficient (Wildman–Crippen LogP) is 2.64. The van der Waals surface area contributed by atoms with E-state index in [1.54, 1.807) is 33.3 Å². The van der Waals surface area contributed by atoms with Crippen molar-refractivity contribution in [2.45, 2.75) is 25.9 Å². The number of hydrogen-bond donors (Lipinski definition) is 1. The van der Waals surface area contributed by atoms with Gasteiger partial charge in [0.25, 0.3) is 5.91 Å². The maximum absolute atomic E-state index is 12.9. The third-order valence-corrected chi connectivity index (χ3v) is 4.61. The third-order valence-electron chi connectivity index (χ3n) is 4.61. The maximum Gasteiger partial charge on any atom is 0.261 e. The van der Waals surface area contributed by atoms with E-state index in [0.717, 1.165) is 11.3 Å². The number of hydrogen-bond acceptors (Lipinski definition) is 5. The van der Waals surface area contributed by atoms with Crippen LogP contribution in [-0.4, -0.2) is 56.7 Å². The van der Waals surface area contributed by atoms with Crippen molar-refractivity contribution < 1.29 is 23.8 Å². The highest BCUT2D eigenvalue weighted by Crippen LogP contribution is 2.16. The minimum atomic E-state index is -0.651. The molecule has 0 saturated carbocycles. The van der Waals surface area contributed by atoms with E-state index in [1.807, 2.05) is 42.5 Å². The molecule has 1 N–H and O–H groups in total. The van der Waals surface area contributed by atoms with Gasteiger partial charge < -0.3 is 24.4 Å². The van der Waals surface area contributed by atoms with Crippen LogP contribution >= 0.6 is 0 Å². The van der Waals surface area contributed by atoms with Gasteiger partial charge in [-0.2, -0.15) is 0 Å². The SMILES string of the molecule is COCCCNC(=O)[C@H](C)N(Cc1ccc(OC)cc1)C(=O)COc1ccccc1. The lowest BCUT2D eigenvalue weighted by Gasteiger charge is -2.28. The fourth-order valence-electron chi connectivity index (χ4n) is 2.83. The van der Waals surface area contributed by atoms with Crippen LogP contribution in [0.1, 0.15) is 18.9 Å². The van der Waals surface area contributed by atoms with Gasteiger partial charge in [-0.3, -0.25) is 9.59 Å². The Bertz CT molecular complexity index is 780. The molecule has 0 aliphatic heterocycles. The van der Waals surface area contributed by atoms with Crippen molar-refractivity contribution in [1.82, 2.24) is 10.2 Å². The summed E-state index contributed by atoms with van der Waals surface area (Å²) in [5.41, 5.74) is 0.892. The van der Waals surface area contributed by atoms with Gasteiger partial charge in [0.2, 0.25) is 5.91 Å². The van der Waals surface area contributed by atoms with Gasteiger partial charge in [-0.15, -0.1) is 0 Å². The summed E-state index contributed by atoms with van der Waals surface area (Å²) in [6.07, 6.45) is 0.707. The Kier molecular flexibility index (Phi) is 9.67. The first kappa shape index (κ1) is 23.2. The molecule has 30 heavy (non-hydrogen) atoms. The van der Waals surface area contributed by atoms with E-state index in [2.05, 4.69) is 5.32 Å². The zero-order chi connectivity index (χ0) is 21.8. The van der Waals surface area contributed by atoms with E-state index < -0.39 is 6.04 Å². The molecule has 2 rings (SSSR count). The van der Waals surface area contributed by atoms with Crippen molar-refractivity contribution in [3.05, 3.63) is 60.2 Å². The summed E-state index contributed by atoms with van der Waals surface area (Å²) < 4.78 is 15.8. The summed E-state index contributed by atoms with van der Waals surface area (Å²) in [6.45, 7) is 2.90. The first-order valence-corrected chi connectivity index (χ1v) is 9.92. The number of methoxy groups -OCH3 is 2. The molecule has 7 nitrogen and oxygen atoms in total. The first-order chi connectivity index (χ1) is 14.5. The monoisotopic (exact) mass is 414 g/mol. The summed E-state index contributed by atoms with van der Waals surface area (Å²) in [5, 5.41) is 2.86. The van der Waals surface area contributed by atoms with Crippen molar-refractivity contribution in [2.24, 2.45) is 0 Å². The average molecular weight is 415 g/mol. The van der Waals surface area contributed by atoms with Crippen LogP contribution in [0.25, 0.3) is 0 Å². The van der Waals surface area contributed by atoms with E-state index in [0.29, 0.717) is 25.3 Å². The van der Waals surface area contributed by atoms with Gasteiger partial charge >= 0.3 is 0 Å². The van der Waals surface area contributed by atoms with E-state index in [1.165, 1.54) is 4.90 Å². The van der Waals surface area contributed by atoms with Gasteiger partial charge in [0.05, 0.1) is 7.11 Å². The minimum Gasteiger partial charge on any atom is -0.497 e. The highest BCUT2D eigenvalue weighted by atomic mass is 16.5. The number of para-hydroxylation sites is 1. The number of carbonyl (C=O) groups excluding carboxylic acids is 2. The van der Waals surface area contributed by atoms with Gasteiger partial charge in [0, 0.05) is 26.8 Å². The van der Waals surface area contributed by atoms with E-state index in [9.17, 15) is 9.59 Å². The van der Waals surface area contributed by atoms with Crippen LogP contribution in [0.3, 0.4) is 0 Å². The molecule has 0 aliphatic rings. The summed E-state index contributed by atoms with van der Waals surface area (Å²) in [4.78, 5) is 27.1. The van der Waals surface area contributed by atoms with Crippen molar-refractivity contribution in [3.63, 3.8) is 0 Å². The summed E-state index contributed by atoms with van der Waals surface area (Å²) >= 11 is 0. The minimum absolute atomic E-state index is 0.151. The molecule has 0 aromatic heterocycles. The Labute approximate surface area is 177 Å². The molecule has 0 spiro atoms. The first-order valence-electron chi connectivity index (χ1n) is 9.92. The van der Waals surface area contributed by atoms with Crippen LogP contribution in [0.2, 0.25) is 0 Å². The molecule has 0 unspecified atom stereocenters. The molecule has 7 heteroatoms. The number of amides is 2. The fraction of sp³-hybridized carbons (Fsp3) is 0.391. The standard InChI is InChI=1S/C23H30N2O5/c1-18(23(27)24-14-7-15-28-2)25(16-19-10-12-20(29-3)13-11-19)22(26)17-30-21-8-5-4-6-9-21/h4-6,8-13,18H,7,14-17H2,1-3H3,(H,24,27)/t18-/m0/s1. The zero-order valence-electron chi connectivity index (χ0n) is 17.8. The molecule has 0 heterocycles. The normalized spacial score (nSPS) is 11.4. The number of nitrogens with one attached hydrogen (secondary N) is 1. The lowest BCUT2D eigenvalue weighted by Crippen LogP contribution is -2.49. The van der Waals surface area contributed by atoms with Gasteiger partial charge in [-0.05, 0) is 43.2 Å². The summed E-state index contributed by atoms with van der Waals surface area (Å²) in [7, 11) is 3.22. The Morgan fingerprint density at radius 2 is 1.70 bits per heavy atom. The van der Waals surface area contributed by atoms with Gasteiger partial charge in [0.1, 0.15) is 17.5 Å². The highest BCUT2D eigenvalue weighted by Gasteiger charge is 2.26. The number of nitrogens with zero attached hydrogens (tertiary/aromatic N) is 1. The Morgan fingerprint density at radius 3 is 2.33 bits per heavy atom. The Balaban J connectivity index is 2.07. The molecule has 0 aliphatic carbocycles. The fourth-order valence-corrected chi connectivity index (χ4v) is 2.83. The lowest BCUT2D eigenvalue weighted by molar-refractivity contribution is -0.142. The number of carbonyl (C=O) groups is 2. The lowest BCUT2D eigenvalue weighted by atomic mass is 10.1. The molecule has 0 saturated heterocycles. The molecule has 2 amide bonds. The molecule has 2 aromatic rings. The third kappa shape index (κ3) is 7.40. The predicted molar refractivity (Wildman–Crippen MR) is 114 cm³/mol. The van der Waals surface area contributed by atoms with Crippen LogP contribution in [0.5, 0.6) is 11.5 Å². The zero-order valence-corrected chi connectivity index (χ0v) is 17.8. The Hall–Kier alpha value is -3.06. The van der Waals surface area contributed by atoms with Gasteiger partial charge in [-0.1, -0.05) is 30.3 Å². The van der Waals surface area contributed by atoms with Crippen molar-refractivity contribution in [3.8, 4) is 11.5 Å². The maximum atomic E-state index is 12.9. The second-order valence-corrected chi connectivity index (χ2v) is 6.78. The van der Waals surface area contributed by atoms with Gasteiger partial charge in [0.15, 0.2) is 6.61 Å². The number of rotatable bonds is 12.